The normalized spacial score (nSPS) is 13.5. The monoisotopic (exact) mass is 339 g/mol. The number of nitrogens with one attached hydrogen (secondary N) is 2. The highest BCUT2D eigenvalue weighted by molar-refractivity contribution is 6.35. The van der Waals surface area contributed by atoms with Crippen molar-refractivity contribution in [1.29, 1.82) is 0 Å². The Morgan fingerprint density at radius 2 is 1.84 bits per heavy atom. The van der Waals surface area contributed by atoms with Crippen LogP contribution in [0.5, 0.6) is 11.5 Å². The van der Waals surface area contributed by atoms with Crippen LogP contribution in [0.4, 0.5) is 0 Å². The first-order valence-corrected chi connectivity index (χ1v) is 7.72. The Morgan fingerprint density at radius 3 is 2.64 bits per heavy atom. The third-order valence-electron chi connectivity index (χ3n) is 3.63. The summed E-state index contributed by atoms with van der Waals surface area (Å²) in [6.07, 6.45) is 1.42. The van der Waals surface area contributed by atoms with Gasteiger partial charge in [-0.05, 0) is 36.2 Å². The van der Waals surface area contributed by atoms with Crippen LogP contribution < -0.4 is 20.2 Å². The molecular weight excluding hydrogens is 322 g/mol. The molecule has 0 aliphatic carbocycles. The maximum absolute atomic E-state index is 11.9. The third-order valence-corrected chi connectivity index (χ3v) is 3.63. The van der Waals surface area contributed by atoms with Crippen LogP contribution in [0.25, 0.3) is 0 Å². The van der Waals surface area contributed by atoms with Gasteiger partial charge in [0.25, 0.3) is 0 Å². The van der Waals surface area contributed by atoms with Gasteiger partial charge in [0.1, 0.15) is 0 Å². The summed E-state index contributed by atoms with van der Waals surface area (Å²) in [5, 5.41) is 6.40. The average Bonchev–Trinajstić information content (AvgIpc) is 3.10. The molecule has 2 N–H and O–H groups in total. The zero-order valence-corrected chi connectivity index (χ0v) is 13.6. The second-order valence-electron chi connectivity index (χ2n) is 5.42. The van der Waals surface area contributed by atoms with Gasteiger partial charge in [-0.3, -0.25) is 9.59 Å². The minimum atomic E-state index is -0.834. The molecule has 1 aliphatic rings. The van der Waals surface area contributed by atoms with Crippen LogP contribution in [0.3, 0.4) is 0 Å². The number of benzene rings is 2. The molecule has 1 heterocycles. The molecule has 2 amide bonds. The van der Waals surface area contributed by atoms with Gasteiger partial charge in [0.05, 0.1) is 12.3 Å². The van der Waals surface area contributed by atoms with Gasteiger partial charge in [0, 0.05) is 0 Å². The van der Waals surface area contributed by atoms with Crippen molar-refractivity contribution in [3.63, 3.8) is 0 Å². The summed E-state index contributed by atoms with van der Waals surface area (Å²) in [6.45, 7) is 1.99. The SMILES string of the molecule is CC(NC(=O)C(=O)NN=Cc1ccc2c(c1)OCO2)c1ccccc1. The van der Waals surface area contributed by atoms with Crippen molar-refractivity contribution in [2.24, 2.45) is 5.10 Å². The van der Waals surface area contributed by atoms with Crippen LogP contribution in [0, 0.1) is 0 Å². The fraction of sp³-hybridized carbons (Fsp3) is 0.167. The van der Waals surface area contributed by atoms with Gasteiger partial charge >= 0.3 is 11.8 Å². The molecule has 0 spiro atoms. The number of fused-ring (bicyclic) bond motifs is 1. The molecule has 0 fully saturated rings. The Hall–Kier alpha value is -3.35. The first-order chi connectivity index (χ1) is 12.1. The Kier molecular flexibility index (Phi) is 4.94. The first kappa shape index (κ1) is 16.5. The van der Waals surface area contributed by atoms with Gasteiger partial charge in [-0.15, -0.1) is 0 Å². The van der Waals surface area contributed by atoms with E-state index in [2.05, 4.69) is 15.8 Å². The molecule has 7 heteroatoms. The second kappa shape index (κ2) is 7.48. The van der Waals surface area contributed by atoms with E-state index >= 15 is 0 Å². The summed E-state index contributed by atoms with van der Waals surface area (Å²) in [5.41, 5.74) is 3.82. The van der Waals surface area contributed by atoms with Crippen molar-refractivity contribution in [2.45, 2.75) is 13.0 Å². The highest BCUT2D eigenvalue weighted by Gasteiger charge is 2.16. The molecular formula is C18H17N3O4. The van der Waals surface area contributed by atoms with Gasteiger partial charge in [-0.25, -0.2) is 5.43 Å². The van der Waals surface area contributed by atoms with Crippen molar-refractivity contribution in [1.82, 2.24) is 10.7 Å². The molecule has 0 aromatic heterocycles. The summed E-state index contributed by atoms with van der Waals surface area (Å²) in [7, 11) is 0. The predicted octanol–water partition coefficient (Wildman–Crippen LogP) is 1.74. The summed E-state index contributed by atoms with van der Waals surface area (Å²) in [4.78, 5) is 23.7. The number of carbonyl (C=O) groups is 2. The summed E-state index contributed by atoms with van der Waals surface area (Å²) < 4.78 is 10.5. The Labute approximate surface area is 144 Å². The highest BCUT2D eigenvalue weighted by atomic mass is 16.7. The van der Waals surface area contributed by atoms with Crippen LogP contribution in [-0.4, -0.2) is 24.8 Å². The third kappa shape index (κ3) is 4.14. The molecule has 7 nitrogen and oxygen atoms in total. The lowest BCUT2D eigenvalue weighted by molar-refractivity contribution is -0.139. The first-order valence-electron chi connectivity index (χ1n) is 7.72. The molecule has 2 aromatic carbocycles. The molecule has 2 aromatic rings. The number of rotatable bonds is 4. The van der Waals surface area contributed by atoms with Crippen molar-refractivity contribution >= 4 is 18.0 Å². The lowest BCUT2D eigenvalue weighted by Crippen LogP contribution is -2.39. The molecule has 0 bridgehead atoms. The van der Waals surface area contributed by atoms with Gasteiger partial charge < -0.3 is 14.8 Å². The lowest BCUT2D eigenvalue weighted by Gasteiger charge is -2.13. The van der Waals surface area contributed by atoms with E-state index in [1.54, 1.807) is 25.1 Å². The molecule has 128 valence electrons. The maximum atomic E-state index is 11.9. The van der Waals surface area contributed by atoms with E-state index in [1.807, 2.05) is 30.3 Å². The molecule has 0 saturated carbocycles. The minimum Gasteiger partial charge on any atom is -0.454 e. The van der Waals surface area contributed by atoms with E-state index < -0.39 is 11.8 Å². The number of amides is 2. The largest absolute Gasteiger partial charge is 0.454 e. The van der Waals surface area contributed by atoms with E-state index in [9.17, 15) is 9.59 Å². The topological polar surface area (TPSA) is 89.0 Å². The van der Waals surface area contributed by atoms with Crippen molar-refractivity contribution < 1.29 is 19.1 Å². The van der Waals surface area contributed by atoms with Crippen LogP contribution in [-0.2, 0) is 9.59 Å². The van der Waals surface area contributed by atoms with Crippen LogP contribution in [0.2, 0.25) is 0 Å². The fourth-order valence-corrected chi connectivity index (χ4v) is 2.30. The minimum absolute atomic E-state index is 0.187. The summed E-state index contributed by atoms with van der Waals surface area (Å²) in [5.74, 6) is -0.306. The van der Waals surface area contributed by atoms with E-state index in [1.165, 1.54) is 6.21 Å². The number of ether oxygens (including phenoxy) is 2. The zero-order valence-electron chi connectivity index (χ0n) is 13.6. The summed E-state index contributed by atoms with van der Waals surface area (Å²) in [6, 6.07) is 14.3. The molecule has 3 rings (SSSR count). The Bertz CT molecular complexity index is 805. The van der Waals surface area contributed by atoms with E-state index in [4.69, 9.17) is 9.47 Å². The second-order valence-corrected chi connectivity index (χ2v) is 5.42. The van der Waals surface area contributed by atoms with Crippen LogP contribution >= 0.6 is 0 Å². The number of nitrogens with zero attached hydrogens (tertiary/aromatic N) is 1. The molecule has 0 radical (unpaired) electrons. The number of hydrazone groups is 1. The molecule has 0 saturated heterocycles. The lowest BCUT2D eigenvalue weighted by atomic mass is 10.1. The molecule has 25 heavy (non-hydrogen) atoms. The van der Waals surface area contributed by atoms with E-state index in [0.717, 1.165) is 5.56 Å². The smallest absolute Gasteiger partial charge is 0.329 e. The maximum Gasteiger partial charge on any atom is 0.329 e. The van der Waals surface area contributed by atoms with Crippen LogP contribution in [0.15, 0.2) is 53.6 Å². The molecule has 1 atom stereocenters. The Balaban J connectivity index is 1.52. The molecule has 1 aliphatic heterocycles. The predicted molar refractivity (Wildman–Crippen MR) is 91.3 cm³/mol. The standard InChI is InChI=1S/C18H17N3O4/c1-12(14-5-3-2-4-6-14)20-17(22)18(23)21-19-10-13-7-8-15-16(9-13)25-11-24-15/h2-10,12H,11H2,1H3,(H,20,22)(H,21,23). The van der Waals surface area contributed by atoms with Gasteiger partial charge in [0.2, 0.25) is 6.79 Å². The van der Waals surface area contributed by atoms with E-state index in [0.29, 0.717) is 17.1 Å². The van der Waals surface area contributed by atoms with Crippen molar-refractivity contribution in [2.75, 3.05) is 6.79 Å². The van der Waals surface area contributed by atoms with Gasteiger partial charge in [-0.1, -0.05) is 30.3 Å². The van der Waals surface area contributed by atoms with Crippen molar-refractivity contribution in [3.8, 4) is 11.5 Å². The number of carbonyl (C=O) groups excluding carboxylic acids is 2. The fourth-order valence-electron chi connectivity index (χ4n) is 2.30. The highest BCUT2D eigenvalue weighted by Crippen LogP contribution is 2.31. The van der Waals surface area contributed by atoms with E-state index in [-0.39, 0.29) is 12.8 Å². The number of hydrogen-bond donors (Lipinski definition) is 2. The van der Waals surface area contributed by atoms with Crippen LogP contribution in [0.1, 0.15) is 24.1 Å². The summed E-state index contributed by atoms with van der Waals surface area (Å²) >= 11 is 0. The van der Waals surface area contributed by atoms with Gasteiger partial charge in [-0.2, -0.15) is 5.10 Å². The number of hydrogen-bond acceptors (Lipinski definition) is 5. The molecule has 1 unspecified atom stereocenters. The Morgan fingerprint density at radius 1 is 1.08 bits per heavy atom. The average molecular weight is 339 g/mol. The quantitative estimate of drug-likeness (QED) is 0.504. The van der Waals surface area contributed by atoms with Crippen molar-refractivity contribution in [3.05, 3.63) is 59.7 Å². The zero-order chi connectivity index (χ0) is 17.6. The van der Waals surface area contributed by atoms with Gasteiger partial charge in [0.15, 0.2) is 11.5 Å².